The number of para-hydroxylation sites is 2. The Kier molecular flexibility index (Phi) is 5.92. The van der Waals surface area contributed by atoms with Gasteiger partial charge in [0.1, 0.15) is 17.3 Å². The van der Waals surface area contributed by atoms with Crippen molar-refractivity contribution in [1.82, 2.24) is 19.8 Å². The van der Waals surface area contributed by atoms with E-state index < -0.39 is 0 Å². The highest BCUT2D eigenvalue weighted by molar-refractivity contribution is 5.93. The van der Waals surface area contributed by atoms with Crippen LogP contribution in [0.3, 0.4) is 0 Å². The van der Waals surface area contributed by atoms with Crippen molar-refractivity contribution in [2.75, 3.05) is 69.7 Å². The van der Waals surface area contributed by atoms with E-state index >= 15 is 0 Å². The lowest BCUT2D eigenvalue weighted by Crippen LogP contribution is -2.47. The zero-order chi connectivity index (χ0) is 20.2. The highest BCUT2D eigenvalue weighted by Crippen LogP contribution is 2.29. The summed E-state index contributed by atoms with van der Waals surface area (Å²) in [7, 11) is 2.07. The van der Waals surface area contributed by atoms with Gasteiger partial charge in [0.2, 0.25) is 0 Å². The van der Waals surface area contributed by atoms with Gasteiger partial charge in [-0.05, 0) is 26.1 Å². The summed E-state index contributed by atoms with van der Waals surface area (Å²) in [6.45, 7) is 8.20. The van der Waals surface area contributed by atoms with Gasteiger partial charge in [0.25, 0.3) is 5.91 Å². The van der Waals surface area contributed by atoms with Gasteiger partial charge in [0.05, 0.1) is 24.6 Å². The van der Waals surface area contributed by atoms with Gasteiger partial charge >= 0.3 is 0 Å². The van der Waals surface area contributed by atoms with Gasteiger partial charge in [-0.25, -0.2) is 9.97 Å². The molecule has 29 heavy (non-hydrogen) atoms. The van der Waals surface area contributed by atoms with E-state index in [9.17, 15) is 4.79 Å². The van der Waals surface area contributed by atoms with Crippen molar-refractivity contribution in [2.24, 2.45) is 0 Å². The molecule has 0 atom stereocenters. The molecule has 3 heterocycles. The summed E-state index contributed by atoms with van der Waals surface area (Å²) >= 11 is 0. The van der Waals surface area contributed by atoms with Gasteiger partial charge in [-0.2, -0.15) is 0 Å². The smallest absolute Gasteiger partial charge is 0.272 e. The summed E-state index contributed by atoms with van der Waals surface area (Å²) in [6, 6.07) is 9.91. The molecule has 4 rings (SSSR count). The molecule has 0 spiro atoms. The summed E-state index contributed by atoms with van der Waals surface area (Å²) in [5.41, 5.74) is 2.51. The minimum Gasteiger partial charge on any atom is -0.378 e. The van der Waals surface area contributed by atoms with Crippen LogP contribution in [0, 0.1) is 6.92 Å². The number of morpholine rings is 1. The monoisotopic (exact) mass is 396 g/mol. The van der Waals surface area contributed by atoms with Crippen LogP contribution in [0.15, 0.2) is 30.3 Å². The van der Waals surface area contributed by atoms with Crippen LogP contribution in [0.2, 0.25) is 0 Å². The maximum Gasteiger partial charge on any atom is 0.272 e. The van der Waals surface area contributed by atoms with E-state index in [0.29, 0.717) is 17.3 Å². The highest BCUT2D eigenvalue weighted by Gasteiger charge is 2.22. The maximum absolute atomic E-state index is 12.9. The first-order chi connectivity index (χ1) is 14.1. The second-order valence-corrected chi connectivity index (χ2v) is 7.52. The van der Waals surface area contributed by atoms with Crippen LogP contribution in [-0.4, -0.2) is 85.2 Å². The van der Waals surface area contributed by atoms with E-state index in [4.69, 9.17) is 4.74 Å². The fraction of sp³-hybridized carbons (Fsp3) is 0.476. The molecule has 0 unspecified atom stereocenters. The molecule has 2 aliphatic rings. The fourth-order valence-electron chi connectivity index (χ4n) is 3.71. The molecule has 8 heteroatoms. The summed E-state index contributed by atoms with van der Waals surface area (Å²) in [4.78, 5) is 28.3. The largest absolute Gasteiger partial charge is 0.378 e. The number of nitrogens with one attached hydrogen (secondary N) is 1. The number of amides is 1. The summed E-state index contributed by atoms with van der Waals surface area (Å²) < 4.78 is 5.47. The molecule has 1 aromatic heterocycles. The summed E-state index contributed by atoms with van der Waals surface area (Å²) in [6.07, 6.45) is 0. The van der Waals surface area contributed by atoms with Crippen molar-refractivity contribution in [3.05, 3.63) is 41.9 Å². The SMILES string of the molecule is Cc1nc(Nc2ccccc2N2CCOCC2)cc(C(=O)N2CCN(C)CC2)n1. The molecular weight excluding hydrogens is 368 g/mol. The minimum absolute atomic E-state index is 0.0342. The number of aromatic nitrogens is 2. The number of aryl methyl sites for hydroxylation is 1. The molecule has 154 valence electrons. The van der Waals surface area contributed by atoms with Crippen LogP contribution >= 0.6 is 0 Å². The number of carbonyl (C=O) groups is 1. The first kappa shape index (κ1) is 19.6. The van der Waals surface area contributed by atoms with Crippen molar-refractivity contribution in [1.29, 1.82) is 0 Å². The number of carbonyl (C=O) groups excluding carboxylic acids is 1. The molecule has 2 fully saturated rings. The van der Waals surface area contributed by atoms with Crippen LogP contribution in [0.1, 0.15) is 16.3 Å². The third-order valence-electron chi connectivity index (χ3n) is 5.37. The van der Waals surface area contributed by atoms with Crippen LogP contribution in [0.25, 0.3) is 0 Å². The van der Waals surface area contributed by atoms with E-state index in [1.54, 1.807) is 6.07 Å². The van der Waals surface area contributed by atoms with Crippen molar-refractivity contribution in [3.8, 4) is 0 Å². The lowest BCUT2D eigenvalue weighted by molar-refractivity contribution is 0.0658. The normalized spacial score (nSPS) is 18.0. The molecule has 2 aromatic rings. The fourth-order valence-corrected chi connectivity index (χ4v) is 3.71. The Morgan fingerprint density at radius 3 is 2.52 bits per heavy atom. The zero-order valence-electron chi connectivity index (χ0n) is 17.1. The Hall–Kier alpha value is -2.71. The first-order valence-corrected chi connectivity index (χ1v) is 10.1. The maximum atomic E-state index is 12.9. The average Bonchev–Trinajstić information content (AvgIpc) is 2.74. The summed E-state index contributed by atoms with van der Waals surface area (Å²) in [5, 5.41) is 3.40. The Balaban J connectivity index is 1.55. The predicted octanol–water partition coefficient (Wildman–Crippen LogP) is 1.75. The van der Waals surface area contributed by atoms with Gasteiger partial charge < -0.3 is 24.8 Å². The van der Waals surface area contributed by atoms with Crippen molar-refractivity contribution < 1.29 is 9.53 Å². The number of hydrogen-bond donors (Lipinski definition) is 1. The molecule has 2 saturated heterocycles. The second kappa shape index (κ2) is 8.75. The van der Waals surface area contributed by atoms with Crippen LogP contribution in [-0.2, 0) is 4.74 Å². The summed E-state index contributed by atoms with van der Waals surface area (Å²) in [5.74, 6) is 1.18. The van der Waals surface area contributed by atoms with E-state index in [1.165, 1.54) is 0 Å². The third kappa shape index (κ3) is 4.65. The van der Waals surface area contributed by atoms with Gasteiger partial charge in [-0.3, -0.25) is 4.79 Å². The molecule has 1 N–H and O–H groups in total. The van der Waals surface area contributed by atoms with E-state index in [1.807, 2.05) is 30.0 Å². The predicted molar refractivity (Wildman–Crippen MR) is 113 cm³/mol. The molecule has 0 bridgehead atoms. The number of likely N-dealkylation sites (N-methyl/N-ethyl adjacent to an activating group) is 1. The van der Waals surface area contributed by atoms with Crippen LogP contribution in [0.5, 0.6) is 0 Å². The number of anilines is 3. The first-order valence-electron chi connectivity index (χ1n) is 10.1. The second-order valence-electron chi connectivity index (χ2n) is 7.52. The third-order valence-corrected chi connectivity index (χ3v) is 5.37. The Labute approximate surface area is 171 Å². The Morgan fingerprint density at radius 2 is 1.76 bits per heavy atom. The van der Waals surface area contributed by atoms with Crippen LogP contribution in [0.4, 0.5) is 17.2 Å². The number of hydrogen-bond acceptors (Lipinski definition) is 7. The molecule has 1 amide bonds. The lowest BCUT2D eigenvalue weighted by Gasteiger charge is -2.32. The number of benzene rings is 1. The van der Waals surface area contributed by atoms with E-state index in [2.05, 4.69) is 38.2 Å². The molecule has 1 aromatic carbocycles. The molecular formula is C21H28N6O2. The quantitative estimate of drug-likeness (QED) is 0.844. The van der Waals surface area contributed by atoms with E-state index in [0.717, 1.165) is 63.9 Å². The van der Waals surface area contributed by atoms with E-state index in [-0.39, 0.29) is 5.91 Å². The standard InChI is InChI=1S/C21H28N6O2/c1-16-22-18(21(28)27-9-7-25(2)8-10-27)15-20(23-16)24-17-5-3-4-6-19(17)26-11-13-29-14-12-26/h3-6,15H,7-14H2,1-2H3,(H,22,23,24). The van der Waals surface area contributed by atoms with Crippen LogP contribution < -0.4 is 10.2 Å². The number of rotatable bonds is 4. The van der Waals surface area contributed by atoms with Crippen molar-refractivity contribution >= 4 is 23.1 Å². The highest BCUT2D eigenvalue weighted by atomic mass is 16.5. The Bertz CT molecular complexity index is 860. The number of ether oxygens (including phenoxy) is 1. The topological polar surface area (TPSA) is 73.8 Å². The number of nitrogens with zero attached hydrogens (tertiary/aromatic N) is 5. The van der Waals surface area contributed by atoms with Gasteiger partial charge in [-0.15, -0.1) is 0 Å². The minimum atomic E-state index is -0.0342. The van der Waals surface area contributed by atoms with Gasteiger partial charge in [0.15, 0.2) is 0 Å². The Morgan fingerprint density at radius 1 is 1.03 bits per heavy atom. The van der Waals surface area contributed by atoms with Gasteiger partial charge in [-0.1, -0.05) is 12.1 Å². The van der Waals surface area contributed by atoms with Crippen molar-refractivity contribution in [2.45, 2.75) is 6.92 Å². The molecule has 2 aliphatic heterocycles. The van der Waals surface area contributed by atoms with Crippen molar-refractivity contribution in [3.63, 3.8) is 0 Å². The number of piperazine rings is 1. The average molecular weight is 396 g/mol. The van der Waals surface area contributed by atoms with Gasteiger partial charge in [0, 0.05) is 45.3 Å². The zero-order valence-corrected chi connectivity index (χ0v) is 17.1. The molecule has 0 saturated carbocycles. The molecule has 0 radical (unpaired) electrons. The molecule has 8 nitrogen and oxygen atoms in total. The lowest BCUT2D eigenvalue weighted by atomic mass is 10.2. The molecule has 0 aliphatic carbocycles.